The van der Waals surface area contributed by atoms with Crippen LogP contribution in [0, 0.1) is 0 Å². The van der Waals surface area contributed by atoms with Crippen molar-refractivity contribution in [2.24, 2.45) is 0 Å². The minimum atomic E-state index is -4.52. The maximum absolute atomic E-state index is 12.5. The summed E-state index contributed by atoms with van der Waals surface area (Å²) >= 11 is 0. The number of carbonyl (C=O) groups excluding carboxylic acids is 1. The summed E-state index contributed by atoms with van der Waals surface area (Å²) in [5, 5.41) is 2.83. The van der Waals surface area contributed by atoms with Gasteiger partial charge in [0.05, 0.1) is 11.8 Å². The van der Waals surface area contributed by atoms with Crippen molar-refractivity contribution < 1.29 is 22.7 Å². The molecule has 0 aromatic carbocycles. The van der Waals surface area contributed by atoms with E-state index in [1.165, 1.54) is 0 Å². The molecular weight excluding hydrogens is 349 g/mol. The number of amides is 1. The molecule has 0 unspecified atom stereocenters. The second kappa shape index (κ2) is 7.67. The van der Waals surface area contributed by atoms with E-state index in [0.29, 0.717) is 18.7 Å². The van der Waals surface area contributed by atoms with Gasteiger partial charge in [0.1, 0.15) is 11.8 Å². The Balaban J connectivity index is 1.49. The summed E-state index contributed by atoms with van der Waals surface area (Å²) < 4.78 is 43.2. The first-order valence-electron chi connectivity index (χ1n) is 8.18. The summed E-state index contributed by atoms with van der Waals surface area (Å²) in [4.78, 5) is 23.5. The maximum Gasteiger partial charge on any atom is 0.433 e. The number of alkyl halides is 3. The minimum Gasteiger partial charge on any atom is -0.473 e. The summed E-state index contributed by atoms with van der Waals surface area (Å²) in [6.45, 7) is 0. The number of rotatable bonds is 4. The van der Waals surface area contributed by atoms with Crippen LogP contribution in [0.4, 0.5) is 13.2 Å². The standard InChI is InChI=1S/C17H17F3N4O2/c18-17(19,20)14-6-1-11(9-23-14)16(25)24-12-2-4-13(5-3-12)26-15-10-21-7-8-22-15/h1,6-10,12-13H,2-5H2,(H,24,25). The van der Waals surface area contributed by atoms with Crippen molar-refractivity contribution in [3.63, 3.8) is 0 Å². The van der Waals surface area contributed by atoms with Crippen LogP contribution in [0.15, 0.2) is 36.9 Å². The highest BCUT2D eigenvalue weighted by atomic mass is 19.4. The topological polar surface area (TPSA) is 77.0 Å². The number of ether oxygens (including phenoxy) is 1. The van der Waals surface area contributed by atoms with Crippen molar-refractivity contribution in [3.05, 3.63) is 48.2 Å². The zero-order valence-corrected chi connectivity index (χ0v) is 13.7. The molecule has 2 aromatic heterocycles. The lowest BCUT2D eigenvalue weighted by atomic mass is 9.92. The van der Waals surface area contributed by atoms with Gasteiger partial charge in [0.25, 0.3) is 5.91 Å². The van der Waals surface area contributed by atoms with Crippen LogP contribution in [0.5, 0.6) is 5.88 Å². The molecule has 0 aliphatic heterocycles. The molecule has 6 nitrogen and oxygen atoms in total. The number of halogens is 3. The lowest BCUT2D eigenvalue weighted by Crippen LogP contribution is -2.39. The first-order valence-corrected chi connectivity index (χ1v) is 8.18. The molecule has 9 heteroatoms. The van der Waals surface area contributed by atoms with E-state index in [9.17, 15) is 18.0 Å². The van der Waals surface area contributed by atoms with Gasteiger partial charge < -0.3 is 10.1 Å². The van der Waals surface area contributed by atoms with E-state index in [2.05, 4.69) is 20.3 Å². The van der Waals surface area contributed by atoms with E-state index in [0.717, 1.165) is 31.2 Å². The van der Waals surface area contributed by atoms with Crippen LogP contribution >= 0.6 is 0 Å². The fraction of sp³-hybridized carbons (Fsp3) is 0.412. The molecule has 1 amide bonds. The smallest absolute Gasteiger partial charge is 0.433 e. The van der Waals surface area contributed by atoms with Gasteiger partial charge in [-0.3, -0.25) is 14.8 Å². The van der Waals surface area contributed by atoms with Gasteiger partial charge in [0.15, 0.2) is 0 Å². The van der Waals surface area contributed by atoms with Gasteiger partial charge in [0, 0.05) is 24.6 Å². The molecule has 0 bridgehead atoms. The molecule has 1 N–H and O–H groups in total. The number of hydrogen-bond acceptors (Lipinski definition) is 5. The van der Waals surface area contributed by atoms with Gasteiger partial charge >= 0.3 is 6.18 Å². The fourth-order valence-electron chi connectivity index (χ4n) is 2.81. The van der Waals surface area contributed by atoms with Crippen LogP contribution in [-0.4, -0.2) is 33.0 Å². The summed E-state index contributed by atoms with van der Waals surface area (Å²) in [6.07, 6.45) is 4.01. The zero-order valence-electron chi connectivity index (χ0n) is 13.7. The molecule has 0 atom stereocenters. The van der Waals surface area contributed by atoms with Crippen LogP contribution in [0.1, 0.15) is 41.7 Å². The molecule has 1 saturated carbocycles. The molecule has 1 aliphatic carbocycles. The highest BCUT2D eigenvalue weighted by Gasteiger charge is 2.32. The summed E-state index contributed by atoms with van der Waals surface area (Å²) in [5.41, 5.74) is -0.911. The average Bonchev–Trinajstić information content (AvgIpc) is 2.63. The number of hydrogen-bond donors (Lipinski definition) is 1. The fourth-order valence-corrected chi connectivity index (χ4v) is 2.81. The molecule has 0 radical (unpaired) electrons. The van der Waals surface area contributed by atoms with Crippen molar-refractivity contribution in [1.82, 2.24) is 20.3 Å². The van der Waals surface area contributed by atoms with Crippen molar-refractivity contribution in [3.8, 4) is 5.88 Å². The van der Waals surface area contributed by atoms with Crippen LogP contribution in [0.2, 0.25) is 0 Å². The van der Waals surface area contributed by atoms with E-state index in [1.807, 2.05) is 0 Å². The summed E-state index contributed by atoms with van der Waals surface area (Å²) in [6, 6.07) is 1.89. The molecule has 0 spiro atoms. The Morgan fingerprint density at radius 3 is 2.42 bits per heavy atom. The molecule has 2 aromatic rings. The van der Waals surface area contributed by atoms with Gasteiger partial charge in [-0.05, 0) is 37.8 Å². The Bertz CT molecular complexity index is 730. The predicted molar refractivity (Wildman–Crippen MR) is 85.4 cm³/mol. The van der Waals surface area contributed by atoms with Crippen LogP contribution in [0.3, 0.4) is 0 Å². The average molecular weight is 366 g/mol. The van der Waals surface area contributed by atoms with E-state index in [4.69, 9.17) is 4.74 Å². The van der Waals surface area contributed by atoms with Crippen LogP contribution in [-0.2, 0) is 6.18 Å². The van der Waals surface area contributed by atoms with Crippen molar-refractivity contribution >= 4 is 5.91 Å². The third-order valence-electron chi connectivity index (χ3n) is 4.15. The van der Waals surface area contributed by atoms with Gasteiger partial charge in [0.2, 0.25) is 5.88 Å². The number of nitrogens with zero attached hydrogens (tertiary/aromatic N) is 3. The molecule has 1 fully saturated rings. The van der Waals surface area contributed by atoms with E-state index in [1.54, 1.807) is 18.6 Å². The Morgan fingerprint density at radius 2 is 1.85 bits per heavy atom. The molecule has 138 valence electrons. The van der Waals surface area contributed by atoms with Crippen molar-refractivity contribution in [2.45, 2.75) is 44.0 Å². The monoisotopic (exact) mass is 366 g/mol. The number of aromatic nitrogens is 3. The highest BCUT2D eigenvalue weighted by Crippen LogP contribution is 2.27. The Hall–Kier alpha value is -2.71. The molecular formula is C17H17F3N4O2. The van der Waals surface area contributed by atoms with Gasteiger partial charge in [-0.25, -0.2) is 4.98 Å². The molecule has 2 heterocycles. The minimum absolute atomic E-state index is 0.00703. The molecule has 26 heavy (non-hydrogen) atoms. The Kier molecular flexibility index (Phi) is 5.34. The lowest BCUT2D eigenvalue weighted by Gasteiger charge is -2.29. The van der Waals surface area contributed by atoms with E-state index < -0.39 is 17.8 Å². The summed E-state index contributed by atoms with van der Waals surface area (Å²) in [7, 11) is 0. The van der Waals surface area contributed by atoms with Gasteiger partial charge in [-0.1, -0.05) is 0 Å². The second-order valence-corrected chi connectivity index (χ2v) is 6.04. The third kappa shape index (κ3) is 4.68. The molecule has 0 saturated heterocycles. The number of nitrogens with one attached hydrogen (secondary N) is 1. The quantitative estimate of drug-likeness (QED) is 0.900. The lowest BCUT2D eigenvalue weighted by molar-refractivity contribution is -0.141. The normalized spacial score (nSPS) is 20.4. The van der Waals surface area contributed by atoms with Crippen molar-refractivity contribution in [1.29, 1.82) is 0 Å². The van der Waals surface area contributed by atoms with Crippen LogP contribution in [0.25, 0.3) is 0 Å². The van der Waals surface area contributed by atoms with E-state index in [-0.39, 0.29) is 17.7 Å². The Morgan fingerprint density at radius 1 is 1.08 bits per heavy atom. The Labute approximate surface area is 147 Å². The highest BCUT2D eigenvalue weighted by molar-refractivity contribution is 5.94. The van der Waals surface area contributed by atoms with Gasteiger partial charge in [-0.15, -0.1) is 0 Å². The SMILES string of the molecule is O=C(NC1CCC(Oc2cnccn2)CC1)c1ccc(C(F)(F)F)nc1. The van der Waals surface area contributed by atoms with E-state index >= 15 is 0 Å². The predicted octanol–water partition coefficient (Wildman–Crippen LogP) is 3.01. The van der Waals surface area contributed by atoms with Gasteiger partial charge in [-0.2, -0.15) is 13.2 Å². The number of pyridine rings is 1. The third-order valence-corrected chi connectivity index (χ3v) is 4.15. The zero-order chi connectivity index (χ0) is 18.6. The number of carbonyl (C=O) groups is 1. The van der Waals surface area contributed by atoms with Crippen LogP contribution < -0.4 is 10.1 Å². The first-order chi connectivity index (χ1) is 12.4. The largest absolute Gasteiger partial charge is 0.473 e. The maximum atomic E-state index is 12.5. The molecule has 1 aliphatic rings. The molecule has 3 rings (SSSR count). The summed E-state index contributed by atoms with van der Waals surface area (Å²) in [5.74, 6) is 0.0420. The van der Waals surface area contributed by atoms with Crippen molar-refractivity contribution in [2.75, 3.05) is 0 Å². The first kappa shape index (κ1) is 18.1. The second-order valence-electron chi connectivity index (χ2n) is 6.04.